The number of fused-ring (bicyclic) bond motifs is 4. The van der Waals surface area contributed by atoms with Crippen LogP contribution in [-0.2, 0) is 16.6 Å². The first-order valence-electron chi connectivity index (χ1n) is 13.2. The Balaban J connectivity index is 1.15. The molecule has 1 amide bonds. The highest BCUT2D eigenvalue weighted by Crippen LogP contribution is 2.29. The second-order valence-corrected chi connectivity index (χ2v) is 11.5. The van der Waals surface area contributed by atoms with Crippen molar-refractivity contribution in [3.05, 3.63) is 90.5 Å². The van der Waals surface area contributed by atoms with Crippen LogP contribution in [0.4, 0.5) is 0 Å². The zero-order chi connectivity index (χ0) is 26.7. The van der Waals surface area contributed by atoms with Gasteiger partial charge in [0.15, 0.2) is 0 Å². The van der Waals surface area contributed by atoms with Gasteiger partial charge >= 0.3 is 0 Å². The largest absolute Gasteiger partial charge is 0.350 e. The van der Waals surface area contributed by atoms with E-state index in [2.05, 4.69) is 33.7 Å². The molecule has 196 valence electrons. The van der Waals surface area contributed by atoms with Crippen molar-refractivity contribution in [3.8, 4) is 0 Å². The van der Waals surface area contributed by atoms with Crippen molar-refractivity contribution in [2.45, 2.75) is 50.6 Å². The van der Waals surface area contributed by atoms with Gasteiger partial charge in [0.05, 0.1) is 4.90 Å². The molecular formula is C31H33N3O3S. The molecule has 2 N–H and O–H groups in total. The summed E-state index contributed by atoms with van der Waals surface area (Å²) in [6.45, 7) is 5.33. The molecule has 1 unspecified atom stereocenters. The van der Waals surface area contributed by atoms with Gasteiger partial charge in [-0.15, -0.1) is 0 Å². The van der Waals surface area contributed by atoms with Crippen LogP contribution in [-0.4, -0.2) is 31.5 Å². The average Bonchev–Trinajstić information content (AvgIpc) is 3.25. The molecule has 5 aromatic rings. The van der Waals surface area contributed by atoms with Crippen molar-refractivity contribution in [1.82, 2.24) is 14.6 Å². The van der Waals surface area contributed by atoms with Gasteiger partial charge in [-0.05, 0) is 62.4 Å². The van der Waals surface area contributed by atoms with Crippen molar-refractivity contribution < 1.29 is 13.2 Å². The number of nitrogens with one attached hydrogen (secondary N) is 2. The zero-order valence-corrected chi connectivity index (χ0v) is 22.6. The van der Waals surface area contributed by atoms with Gasteiger partial charge in [0, 0.05) is 51.9 Å². The monoisotopic (exact) mass is 527 g/mol. The number of sulfonamides is 1. The van der Waals surface area contributed by atoms with Crippen molar-refractivity contribution >= 4 is 48.5 Å². The Labute approximate surface area is 223 Å². The topological polar surface area (TPSA) is 80.2 Å². The number of hydrogen-bond acceptors (Lipinski definition) is 3. The molecule has 4 aromatic carbocycles. The van der Waals surface area contributed by atoms with E-state index in [4.69, 9.17) is 0 Å². The first-order valence-corrected chi connectivity index (χ1v) is 14.7. The standard InChI is InChI=1S/C31H33N3O3S/c1-3-34-28-16-7-6-15-26(28)27-21-24(18-19-29(27)34)31(35)33-22(2)11-8-9-20-32-38(36,37)30-17-10-13-23-12-4-5-14-25(23)30/h4-7,10,12-19,21-22,32H,3,8-9,11,20H2,1-2H3,(H,33,35). The molecule has 0 aliphatic heterocycles. The number of rotatable bonds is 10. The summed E-state index contributed by atoms with van der Waals surface area (Å²) in [6.07, 6.45) is 2.24. The lowest BCUT2D eigenvalue weighted by Gasteiger charge is -2.14. The van der Waals surface area contributed by atoms with Gasteiger partial charge in [-0.2, -0.15) is 0 Å². The Hall–Kier alpha value is -3.68. The second kappa shape index (κ2) is 11.0. The maximum absolute atomic E-state index is 13.0. The van der Waals surface area contributed by atoms with Crippen LogP contribution < -0.4 is 10.0 Å². The highest BCUT2D eigenvalue weighted by molar-refractivity contribution is 7.89. The van der Waals surface area contributed by atoms with Crippen molar-refractivity contribution in [2.24, 2.45) is 0 Å². The van der Waals surface area contributed by atoms with Gasteiger partial charge < -0.3 is 9.88 Å². The Kier molecular flexibility index (Phi) is 7.49. The number of aromatic nitrogens is 1. The Morgan fingerprint density at radius 2 is 1.55 bits per heavy atom. The fourth-order valence-corrected chi connectivity index (χ4v) is 6.51. The fourth-order valence-electron chi connectivity index (χ4n) is 5.20. The first-order chi connectivity index (χ1) is 18.4. The maximum atomic E-state index is 13.0. The Morgan fingerprint density at radius 1 is 0.842 bits per heavy atom. The number of hydrogen-bond donors (Lipinski definition) is 2. The molecule has 0 saturated carbocycles. The van der Waals surface area contributed by atoms with Crippen LogP contribution in [0.2, 0.25) is 0 Å². The molecule has 0 fully saturated rings. The number of carbonyl (C=O) groups excluding carboxylic acids is 1. The van der Waals surface area contributed by atoms with Gasteiger partial charge in [0.1, 0.15) is 0 Å². The molecule has 0 spiro atoms. The predicted molar refractivity (Wildman–Crippen MR) is 155 cm³/mol. The highest BCUT2D eigenvalue weighted by atomic mass is 32.2. The minimum Gasteiger partial charge on any atom is -0.350 e. The molecule has 1 heterocycles. The van der Waals surface area contributed by atoms with Crippen LogP contribution in [0.3, 0.4) is 0 Å². The molecule has 1 atom stereocenters. The van der Waals surface area contributed by atoms with Gasteiger partial charge in [-0.25, -0.2) is 13.1 Å². The minimum atomic E-state index is -3.60. The quantitative estimate of drug-likeness (QED) is 0.211. The average molecular weight is 528 g/mol. The Morgan fingerprint density at radius 3 is 2.37 bits per heavy atom. The van der Waals surface area contributed by atoms with E-state index in [1.807, 2.05) is 67.6 Å². The van der Waals surface area contributed by atoms with Crippen molar-refractivity contribution in [1.29, 1.82) is 0 Å². The zero-order valence-electron chi connectivity index (χ0n) is 21.8. The molecule has 5 rings (SSSR count). The molecule has 0 radical (unpaired) electrons. The fraction of sp³-hybridized carbons (Fsp3) is 0.258. The smallest absolute Gasteiger partial charge is 0.251 e. The number of unbranched alkanes of at least 4 members (excludes halogenated alkanes) is 1. The molecule has 0 aliphatic rings. The summed E-state index contributed by atoms with van der Waals surface area (Å²) in [6, 6.07) is 26.9. The second-order valence-electron chi connectivity index (χ2n) is 9.74. The SMILES string of the molecule is CCn1c2ccccc2c2cc(C(=O)NC(C)CCCCNS(=O)(=O)c3cccc4ccccc34)ccc21. The van der Waals surface area contributed by atoms with Crippen molar-refractivity contribution in [2.75, 3.05) is 6.54 Å². The van der Waals surface area contributed by atoms with E-state index in [1.165, 1.54) is 5.52 Å². The summed E-state index contributed by atoms with van der Waals surface area (Å²) in [5.74, 6) is -0.0932. The van der Waals surface area contributed by atoms with Crippen LogP contribution in [0.25, 0.3) is 32.6 Å². The number of nitrogens with zero attached hydrogens (tertiary/aromatic N) is 1. The molecule has 0 bridgehead atoms. The van der Waals surface area contributed by atoms with E-state index in [1.54, 1.807) is 12.1 Å². The third-order valence-corrected chi connectivity index (χ3v) is 8.64. The summed E-state index contributed by atoms with van der Waals surface area (Å²) in [5.41, 5.74) is 2.95. The number of benzene rings is 4. The molecule has 1 aromatic heterocycles. The third-order valence-electron chi connectivity index (χ3n) is 7.12. The van der Waals surface area contributed by atoms with Gasteiger partial charge in [-0.1, -0.05) is 61.0 Å². The molecular weight excluding hydrogens is 494 g/mol. The lowest BCUT2D eigenvalue weighted by atomic mass is 10.1. The first kappa shape index (κ1) is 25.9. The minimum absolute atomic E-state index is 0.0233. The molecule has 38 heavy (non-hydrogen) atoms. The van der Waals surface area contributed by atoms with E-state index in [0.29, 0.717) is 23.4 Å². The van der Waals surface area contributed by atoms with Crippen LogP contribution in [0.15, 0.2) is 89.8 Å². The van der Waals surface area contributed by atoms with E-state index in [0.717, 1.165) is 46.4 Å². The summed E-state index contributed by atoms with van der Waals surface area (Å²) in [7, 11) is -3.60. The summed E-state index contributed by atoms with van der Waals surface area (Å²) < 4.78 is 30.7. The normalized spacial score (nSPS) is 12.8. The molecule has 6 nitrogen and oxygen atoms in total. The van der Waals surface area contributed by atoms with Gasteiger partial charge in [-0.3, -0.25) is 4.79 Å². The van der Waals surface area contributed by atoms with Crippen molar-refractivity contribution in [3.63, 3.8) is 0 Å². The van der Waals surface area contributed by atoms with E-state index < -0.39 is 10.0 Å². The van der Waals surface area contributed by atoms with Crippen LogP contribution in [0, 0.1) is 0 Å². The van der Waals surface area contributed by atoms with Gasteiger partial charge in [0.2, 0.25) is 10.0 Å². The summed E-state index contributed by atoms with van der Waals surface area (Å²) in [4.78, 5) is 13.3. The number of carbonyl (C=O) groups is 1. The highest BCUT2D eigenvalue weighted by Gasteiger charge is 2.17. The molecule has 0 saturated heterocycles. The summed E-state index contributed by atoms with van der Waals surface area (Å²) >= 11 is 0. The number of amides is 1. The predicted octanol–water partition coefficient (Wildman–Crippen LogP) is 6.23. The summed E-state index contributed by atoms with van der Waals surface area (Å²) in [5, 5.41) is 6.95. The van der Waals surface area contributed by atoms with Crippen LogP contribution in [0.5, 0.6) is 0 Å². The lowest BCUT2D eigenvalue weighted by molar-refractivity contribution is 0.0938. The third kappa shape index (κ3) is 5.17. The van der Waals surface area contributed by atoms with Crippen LogP contribution in [0.1, 0.15) is 43.5 Å². The van der Waals surface area contributed by atoms with E-state index in [-0.39, 0.29) is 11.9 Å². The lowest BCUT2D eigenvalue weighted by Crippen LogP contribution is -2.32. The number of aryl methyl sites for hydroxylation is 1. The molecule has 0 aliphatic carbocycles. The molecule has 7 heteroatoms. The van der Waals surface area contributed by atoms with Crippen LogP contribution >= 0.6 is 0 Å². The van der Waals surface area contributed by atoms with Gasteiger partial charge in [0.25, 0.3) is 5.91 Å². The Bertz CT molecular complexity index is 1720. The van der Waals surface area contributed by atoms with E-state index in [9.17, 15) is 13.2 Å². The number of para-hydroxylation sites is 1. The maximum Gasteiger partial charge on any atom is 0.251 e. The van der Waals surface area contributed by atoms with E-state index >= 15 is 0 Å².